The van der Waals surface area contributed by atoms with E-state index in [-0.39, 0.29) is 5.91 Å². The van der Waals surface area contributed by atoms with Gasteiger partial charge in [0.05, 0.1) is 22.7 Å². The van der Waals surface area contributed by atoms with Gasteiger partial charge in [-0.25, -0.2) is 4.68 Å². The molecule has 0 atom stereocenters. The van der Waals surface area contributed by atoms with Gasteiger partial charge in [0.2, 0.25) is 0 Å². The van der Waals surface area contributed by atoms with Gasteiger partial charge in [0.1, 0.15) is 0 Å². The first-order valence-corrected chi connectivity index (χ1v) is 8.74. The van der Waals surface area contributed by atoms with Crippen LogP contribution in [-0.2, 0) is 6.42 Å². The van der Waals surface area contributed by atoms with Crippen molar-refractivity contribution in [3.63, 3.8) is 0 Å². The molecule has 0 aliphatic carbocycles. The fourth-order valence-corrected chi connectivity index (χ4v) is 3.52. The molecule has 0 saturated carbocycles. The van der Waals surface area contributed by atoms with Crippen molar-refractivity contribution in [2.24, 2.45) is 0 Å². The van der Waals surface area contributed by atoms with Crippen LogP contribution in [0.2, 0.25) is 0 Å². The summed E-state index contributed by atoms with van der Waals surface area (Å²) >= 11 is 1.66. The molecule has 0 aliphatic heterocycles. The molecule has 1 aromatic heterocycles. The van der Waals surface area contributed by atoms with Gasteiger partial charge in [-0.05, 0) is 38.5 Å². The Balaban J connectivity index is 1.83. The quantitative estimate of drug-likeness (QED) is 0.683. The van der Waals surface area contributed by atoms with Crippen LogP contribution in [0.5, 0.6) is 0 Å². The molecule has 3 nitrogen and oxygen atoms in total. The van der Waals surface area contributed by atoms with Gasteiger partial charge in [-0.15, -0.1) is 0 Å². The SMILES string of the molecule is Cc1ccc(Sc2c(C)nn(C(=O)Cc3ccccc3)c2C)cc1. The van der Waals surface area contributed by atoms with Crippen LogP contribution in [0.25, 0.3) is 0 Å². The first-order valence-electron chi connectivity index (χ1n) is 7.92. The maximum Gasteiger partial charge on any atom is 0.251 e. The molecule has 1 heterocycles. The number of benzene rings is 2. The predicted octanol–water partition coefficient (Wildman–Crippen LogP) is 4.84. The molecule has 122 valence electrons. The summed E-state index contributed by atoms with van der Waals surface area (Å²) < 4.78 is 1.54. The summed E-state index contributed by atoms with van der Waals surface area (Å²) in [6.45, 7) is 5.99. The van der Waals surface area contributed by atoms with Crippen LogP contribution in [0.15, 0.2) is 64.4 Å². The minimum absolute atomic E-state index is 0.00226. The largest absolute Gasteiger partial charge is 0.272 e. The van der Waals surface area contributed by atoms with Gasteiger partial charge < -0.3 is 0 Å². The molecule has 0 saturated heterocycles. The third kappa shape index (κ3) is 3.60. The molecule has 24 heavy (non-hydrogen) atoms. The Morgan fingerprint density at radius 2 is 1.67 bits per heavy atom. The Bertz CT molecular complexity index is 851. The van der Waals surface area contributed by atoms with Gasteiger partial charge >= 0.3 is 0 Å². The van der Waals surface area contributed by atoms with Crippen LogP contribution in [0.1, 0.15) is 27.3 Å². The van der Waals surface area contributed by atoms with Crippen molar-refractivity contribution in [1.82, 2.24) is 9.78 Å². The Kier molecular flexibility index (Phi) is 4.86. The van der Waals surface area contributed by atoms with Crippen LogP contribution >= 0.6 is 11.8 Å². The van der Waals surface area contributed by atoms with Crippen molar-refractivity contribution in [3.8, 4) is 0 Å². The number of aryl methyl sites for hydroxylation is 2. The predicted molar refractivity (Wildman–Crippen MR) is 97.8 cm³/mol. The van der Waals surface area contributed by atoms with E-state index in [4.69, 9.17) is 0 Å². The molecule has 0 bridgehead atoms. The molecule has 0 spiro atoms. The second-order valence-corrected chi connectivity index (χ2v) is 6.97. The fourth-order valence-electron chi connectivity index (χ4n) is 2.59. The monoisotopic (exact) mass is 336 g/mol. The molecule has 2 aromatic carbocycles. The topological polar surface area (TPSA) is 34.9 Å². The van der Waals surface area contributed by atoms with Crippen molar-refractivity contribution in [2.75, 3.05) is 0 Å². The Morgan fingerprint density at radius 1 is 1.00 bits per heavy atom. The normalized spacial score (nSPS) is 10.8. The highest BCUT2D eigenvalue weighted by Crippen LogP contribution is 2.33. The summed E-state index contributed by atoms with van der Waals surface area (Å²) in [5, 5.41) is 4.47. The molecule has 0 radical (unpaired) electrons. The number of hydrogen-bond donors (Lipinski definition) is 0. The van der Waals surface area contributed by atoms with Crippen molar-refractivity contribution in [2.45, 2.75) is 37.0 Å². The van der Waals surface area contributed by atoms with E-state index in [1.165, 1.54) is 5.56 Å². The summed E-state index contributed by atoms with van der Waals surface area (Å²) in [5.74, 6) is -0.00226. The van der Waals surface area contributed by atoms with Gasteiger partial charge in [0, 0.05) is 4.90 Å². The molecular formula is C20H20N2OS. The summed E-state index contributed by atoms with van der Waals surface area (Å²) in [5.41, 5.74) is 4.03. The number of aromatic nitrogens is 2. The number of rotatable bonds is 4. The maximum absolute atomic E-state index is 12.6. The van der Waals surface area contributed by atoms with Crippen LogP contribution in [0.4, 0.5) is 0 Å². The zero-order valence-corrected chi connectivity index (χ0v) is 14.9. The van der Waals surface area contributed by atoms with E-state index in [0.717, 1.165) is 26.7 Å². The standard InChI is InChI=1S/C20H20N2OS/c1-14-9-11-18(12-10-14)24-20-15(2)21-22(16(20)3)19(23)13-17-7-5-4-6-8-17/h4-12H,13H2,1-3H3. The average Bonchev–Trinajstić information content (AvgIpc) is 2.86. The highest BCUT2D eigenvalue weighted by molar-refractivity contribution is 7.99. The highest BCUT2D eigenvalue weighted by atomic mass is 32.2. The molecule has 0 fully saturated rings. The third-order valence-corrected chi connectivity index (χ3v) is 5.20. The highest BCUT2D eigenvalue weighted by Gasteiger charge is 2.17. The van der Waals surface area contributed by atoms with Crippen molar-refractivity contribution < 1.29 is 4.79 Å². The van der Waals surface area contributed by atoms with Crippen LogP contribution in [0.3, 0.4) is 0 Å². The fraction of sp³-hybridized carbons (Fsp3) is 0.200. The summed E-state index contributed by atoms with van der Waals surface area (Å²) in [4.78, 5) is 14.8. The Hall–Kier alpha value is -2.33. The number of carbonyl (C=O) groups is 1. The van der Waals surface area contributed by atoms with E-state index < -0.39 is 0 Å². The van der Waals surface area contributed by atoms with Crippen LogP contribution in [-0.4, -0.2) is 15.7 Å². The summed E-state index contributed by atoms with van der Waals surface area (Å²) in [6, 6.07) is 18.2. The molecule has 0 unspecified atom stereocenters. The zero-order valence-electron chi connectivity index (χ0n) is 14.1. The molecule has 3 rings (SSSR count). The van der Waals surface area contributed by atoms with Crippen molar-refractivity contribution in [3.05, 3.63) is 77.1 Å². The minimum Gasteiger partial charge on any atom is -0.272 e. The van der Waals surface area contributed by atoms with E-state index in [1.54, 1.807) is 16.4 Å². The second-order valence-electron chi connectivity index (χ2n) is 5.88. The van der Waals surface area contributed by atoms with Gasteiger partial charge in [-0.1, -0.05) is 59.8 Å². The Labute approximate surface area is 146 Å². The lowest BCUT2D eigenvalue weighted by molar-refractivity contribution is 0.0895. The van der Waals surface area contributed by atoms with Crippen LogP contribution in [0, 0.1) is 20.8 Å². The van der Waals surface area contributed by atoms with E-state index in [2.05, 4.69) is 36.3 Å². The van der Waals surface area contributed by atoms with Gasteiger partial charge in [-0.2, -0.15) is 5.10 Å². The number of nitrogens with zero attached hydrogens (tertiary/aromatic N) is 2. The first-order chi connectivity index (χ1) is 11.5. The number of hydrogen-bond acceptors (Lipinski definition) is 3. The molecule has 0 amide bonds. The minimum atomic E-state index is -0.00226. The first kappa shape index (κ1) is 16.5. The molecular weight excluding hydrogens is 316 g/mol. The van der Waals surface area contributed by atoms with E-state index in [9.17, 15) is 4.79 Å². The molecule has 3 aromatic rings. The zero-order chi connectivity index (χ0) is 17.1. The van der Waals surface area contributed by atoms with Crippen molar-refractivity contribution >= 4 is 17.7 Å². The molecule has 0 N–H and O–H groups in total. The van der Waals surface area contributed by atoms with E-state index in [1.807, 2.05) is 44.2 Å². The second kappa shape index (κ2) is 7.05. The van der Waals surface area contributed by atoms with E-state index >= 15 is 0 Å². The van der Waals surface area contributed by atoms with Gasteiger partial charge in [-0.3, -0.25) is 4.79 Å². The summed E-state index contributed by atoms with van der Waals surface area (Å²) in [7, 11) is 0. The van der Waals surface area contributed by atoms with E-state index in [0.29, 0.717) is 6.42 Å². The Morgan fingerprint density at radius 3 is 2.33 bits per heavy atom. The van der Waals surface area contributed by atoms with Gasteiger partial charge in [0.15, 0.2) is 0 Å². The lowest BCUT2D eigenvalue weighted by atomic mass is 10.1. The number of carbonyl (C=O) groups excluding carboxylic acids is 1. The van der Waals surface area contributed by atoms with Crippen LogP contribution < -0.4 is 0 Å². The third-order valence-electron chi connectivity index (χ3n) is 3.90. The average molecular weight is 336 g/mol. The smallest absolute Gasteiger partial charge is 0.251 e. The summed E-state index contributed by atoms with van der Waals surface area (Å²) in [6.07, 6.45) is 0.359. The maximum atomic E-state index is 12.6. The lowest BCUT2D eigenvalue weighted by Gasteiger charge is -2.05. The van der Waals surface area contributed by atoms with Gasteiger partial charge in [0.25, 0.3) is 5.91 Å². The lowest BCUT2D eigenvalue weighted by Crippen LogP contribution is -2.16. The molecule has 4 heteroatoms. The van der Waals surface area contributed by atoms with Crippen molar-refractivity contribution in [1.29, 1.82) is 0 Å². The molecule has 0 aliphatic rings.